The number of halogens is 17. The van der Waals surface area contributed by atoms with Gasteiger partial charge in [-0.15, -0.1) is 0 Å². The van der Waals surface area contributed by atoms with Crippen LogP contribution in [0.5, 0.6) is 0 Å². The summed E-state index contributed by atoms with van der Waals surface area (Å²) >= 11 is 11.1. The molecule has 1 fully saturated rings. The van der Waals surface area contributed by atoms with E-state index in [1.165, 1.54) is 55.5 Å². The fourth-order valence-electron chi connectivity index (χ4n) is 11.5. The molecule has 0 radical (unpaired) electrons. The van der Waals surface area contributed by atoms with Crippen LogP contribution in [0.15, 0.2) is 241 Å². The highest BCUT2D eigenvalue weighted by Crippen LogP contribution is 2.37. The minimum Gasteiger partial charge on any atom is -0.423 e. The maximum atomic E-state index is 14.1. The van der Waals surface area contributed by atoms with Gasteiger partial charge in [0, 0.05) is 118 Å². The van der Waals surface area contributed by atoms with Crippen molar-refractivity contribution >= 4 is 103 Å². The first-order valence-corrected chi connectivity index (χ1v) is 40.7. The predicted molar refractivity (Wildman–Crippen MR) is 481 cm³/mol. The number of rotatable bonds is 12. The molecule has 0 bridgehead atoms. The number of carbonyl (C=O) groups is 2. The molecule has 10 N–H and O–H groups in total. The van der Waals surface area contributed by atoms with Crippen molar-refractivity contribution in [2.75, 3.05) is 22.5 Å². The third kappa shape index (κ3) is 26.5. The van der Waals surface area contributed by atoms with Crippen molar-refractivity contribution in [3.8, 4) is 86.5 Å². The molecule has 1 saturated heterocycles. The smallest absolute Gasteiger partial charge is 0.423 e. The summed E-state index contributed by atoms with van der Waals surface area (Å²) < 4.78 is 203. The largest absolute Gasteiger partial charge is 0.496 e. The SMILES string of the molecule is CC1(C)OB(c2ccc(N)nc2)OC1(C)C.N#Cc1[nH]ncc1Br.N#Cc1nn(-c2cc(F)ccc2F)cc1-c1ccc(N)nc1.N#Cc1nn(-c2cc(F)ccc2F)cc1-c1ccc(N)nc1.N#Cc1nn(-c2cc(F)ccc2F)cc1-c1ccc(NC(=O)c2c(F)cccc2F)nc1.N#Cc1nn(-c2cc(F)ccc2F)cc1Br.O=C(Cl)c1c(F)cccc1F.OB(O)c1cc(F)ccc1F. The van der Waals surface area contributed by atoms with Gasteiger partial charge in [-0.25, -0.2) is 100 Å². The van der Waals surface area contributed by atoms with Crippen LogP contribution in [0.25, 0.3) is 56.1 Å². The Balaban J connectivity index is 0.000000168. The standard InChI is InChI=1S/C22H11F4N5O.2C15H9F2N5.C11H17BN2O2.C10H4BrF2N3.C7H3ClF2O.C6H5BF2O2.C4H2BrN3/c23-13-5-6-15(24)19(8-13)31-11-14(18(9-27)30-31)12-4-7-20(28-10-12)29-22(32)21-16(25)2-1-3-17(21)26;2*16-10-2-3-12(17)14(5-10)22-8-11(13(6-18)21-22)9-1-4-15(19)20-7-9;1-10(2)11(3,4)16-12(15-10)8-5-6-9(13)14-7-8;11-7-5-16(15-9(7)4-14)10-3-6(12)1-2-8(10)13;8-7(11)6-4(9)2-1-3-5(6)10;8-4-1-2-6(9)5(3-4)7(10)11;5-3-2-7-8-4(3)1-6/h1-8,10-11H,(H,28,29,32);2*1-5,7-8H,(H2,19,20);5-7H,1-4H3,(H2,13,14);1-3,5H;1-3H;1-3,10-11H;2H,(H,7,8). The maximum absolute atomic E-state index is 14.1. The van der Waals surface area contributed by atoms with Crippen LogP contribution in [0.1, 0.15) is 76.9 Å². The van der Waals surface area contributed by atoms with Gasteiger partial charge in [-0.05, 0) is 205 Å². The van der Waals surface area contributed by atoms with Crippen LogP contribution in [-0.2, 0) is 9.31 Å². The fourth-order valence-corrected chi connectivity index (χ4v) is 12.3. The lowest BCUT2D eigenvalue weighted by Gasteiger charge is -2.32. The van der Waals surface area contributed by atoms with Crippen LogP contribution >= 0.6 is 43.5 Å². The number of aromatic nitrogens is 14. The van der Waals surface area contributed by atoms with Gasteiger partial charge >= 0.3 is 14.2 Å². The molecule has 1 aliphatic rings. The topological polar surface area (TPSA) is 454 Å². The molecule has 1 amide bonds. The lowest BCUT2D eigenvalue weighted by Crippen LogP contribution is -2.41. The quantitative estimate of drug-likeness (QED) is 0.0339. The third-order valence-corrected chi connectivity index (χ3v) is 20.4. The number of hydrogen-bond acceptors (Lipinski definition) is 23. The van der Waals surface area contributed by atoms with Crippen LogP contribution in [0.3, 0.4) is 0 Å². The Kier molecular flexibility index (Phi) is 34.8. The van der Waals surface area contributed by atoms with Crippen LogP contribution in [-0.4, -0.2) is 116 Å². The van der Waals surface area contributed by atoms with Crippen molar-refractivity contribution in [1.29, 1.82) is 26.3 Å². The molecule has 7 aromatic carbocycles. The maximum Gasteiger partial charge on any atom is 0.496 e. The summed E-state index contributed by atoms with van der Waals surface area (Å²) in [5, 5.41) is 84.6. The van der Waals surface area contributed by atoms with Gasteiger partial charge in [0.05, 0.1) is 26.3 Å². The zero-order chi connectivity index (χ0) is 101. The minimum absolute atomic E-state index is 0.00322. The lowest BCUT2D eigenvalue weighted by molar-refractivity contribution is 0.00578. The van der Waals surface area contributed by atoms with Crippen molar-refractivity contribution < 1.29 is 90.4 Å². The average molecular weight is 2040 g/mol. The van der Waals surface area contributed by atoms with Gasteiger partial charge in [0.15, 0.2) is 22.8 Å². The number of H-pyrrole nitrogens is 1. The molecule has 16 aromatic rings. The Morgan fingerprint density at radius 1 is 0.428 bits per heavy atom. The van der Waals surface area contributed by atoms with E-state index in [9.17, 15) is 86.8 Å². The van der Waals surface area contributed by atoms with Crippen molar-refractivity contribution in [1.82, 2.24) is 69.3 Å². The Bertz CT molecular complexity index is 7150. The van der Waals surface area contributed by atoms with Gasteiger partial charge in [0.2, 0.25) is 0 Å². The fraction of sp³-hybridized carbons (Fsp3) is 0.0667. The monoisotopic (exact) mass is 2040 g/mol. The molecular formula is C90H60B2Br2ClF14N23O6. The van der Waals surface area contributed by atoms with Gasteiger partial charge in [-0.2, -0.15) is 51.8 Å². The second kappa shape index (κ2) is 46.4. The Labute approximate surface area is 794 Å². The second-order valence-corrected chi connectivity index (χ2v) is 30.8. The first-order valence-electron chi connectivity index (χ1n) is 38.8. The lowest BCUT2D eigenvalue weighted by atomic mass is 9.80. The molecule has 0 spiro atoms. The van der Waals surface area contributed by atoms with E-state index >= 15 is 0 Å². The average Bonchev–Trinajstić information content (AvgIpc) is 1.62. The molecule has 29 nitrogen and oxygen atoms in total. The van der Waals surface area contributed by atoms with Crippen LogP contribution < -0.4 is 33.4 Å². The van der Waals surface area contributed by atoms with Gasteiger partial charge < -0.3 is 41.9 Å². The van der Waals surface area contributed by atoms with Crippen molar-refractivity contribution in [3.05, 3.63) is 362 Å². The normalized spacial score (nSPS) is 11.6. The molecule has 17 rings (SSSR count). The summed E-state index contributed by atoms with van der Waals surface area (Å²) in [6, 6.07) is 43.0. The molecule has 0 unspecified atom stereocenters. The Morgan fingerprint density at radius 2 is 0.775 bits per heavy atom. The molecule has 48 heteroatoms. The third-order valence-electron chi connectivity index (χ3n) is 19.0. The number of nitrogens with one attached hydrogen (secondary N) is 2. The predicted octanol–water partition coefficient (Wildman–Crippen LogP) is 16.7. The van der Waals surface area contributed by atoms with E-state index < -0.39 is 116 Å². The van der Waals surface area contributed by atoms with Crippen molar-refractivity contribution in [3.63, 3.8) is 0 Å². The van der Waals surface area contributed by atoms with Crippen LogP contribution in [0, 0.1) is 138 Å². The summed E-state index contributed by atoms with van der Waals surface area (Å²) in [4.78, 5) is 38.5. The number of nitrogens with zero attached hydrogens (tertiary/aromatic N) is 18. The summed E-state index contributed by atoms with van der Waals surface area (Å²) in [7, 11) is -2.33. The van der Waals surface area contributed by atoms with Gasteiger partial charge in [0.1, 0.15) is 175 Å². The highest BCUT2D eigenvalue weighted by atomic mass is 79.9. The van der Waals surface area contributed by atoms with E-state index in [0.717, 1.165) is 152 Å². The minimum atomic E-state index is -1.97. The number of nitriles is 5. The molecule has 696 valence electrons. The molecule has 9 aromatic heterocycles. The molecule has 10 heterocycles. The Morgan fingerprint density at radius 3 is 1.07 bits per heavy atom. The molecule has 0 saturated carbocycles. The number of benzene rings is 7. The zero-order valence-corrected chi connectivity index (χ0v) is 74.8. The van der Waals surface area contributed by atoms with E-state index in [4.69, 9.17) is 58.7 Å². The van der Waals surface area contributed by atoms with Gasteiger partial charge in [-0.1, -0.05) is 18.2 Å². The van der Waals surface area contributed by atoms with Gasteiger partial charge in [0.25, 0.3) is 11.1 Å². The van der Waals surface area contributed by atoms with E-state index in [0.29, 0.717) is 59.9 Å². The number of hydrogen-bond donors (Lipinski definition) is 7. The molecular weight excluding hydrogens is 1980 g/mol. The van der Waals surface area contributed by atoms with Crippen LogP contribution in [0.4, 0.5) is 84.7 Å². The first kappa shape index (κ1) is 104. The highest BCUT2D eigenvalue weighted by molar-refractivity contribution is 9.10. The van der Waals surface area contributed by atoms with E-state index in [1.54, 1.807) is 42.7 Å². The number of amides is 1. The highest BCUT2D eigenvalue weighted by Gasteiger charge is 2.52. The number of pyridine rings is 4. The summed E-state index contributed by atoms with van der Waals surface area (Å²) in [5.74, 6) is -10.4. The molecule has 1 aliphatic heterocycles. The molecule has 0 aliphatic carbocycles. The van der Waals surface area contributed by atoms with Crippen molar-refractivity contribution in [2.45, 2.75) is 38.9 Å². The summed E-state index contributed by atoms with van der Waals surface area (Å²) in [5.41, 5.74) is 18.0. The first-order chi connectivity index (χ1) is 65.5. The number of anilines is 4. The number of aromatic amines is 1. The molecule has 0 atom stereocenters. The Hall–Kier alpha value is -16.6. The van der Waals surface area contributed by atoms with E-state index in [-0.39, 0.29) is 75.2 Å². The molecule has 138 heavy (non-hydrogen) atoms. The summed E-state index contributed by atoms with van der Waals surface area (Å²) in [6.07, 6.45) is 13.1. The van der Waals surface area contributed by atoms with E-state index in [2.05, 4.69) is 87.7 Å². The second-order valence-electron chi connectivity index (χ2n) is 28.8. The number of nitrogens with two attached hydrogens (primary N) is 3. The number of carbonyl (C=O) groups excluding carboxylic acids is 2. The van der Waals surface area contributed by atoms with Crippen LogP contribution in [0.2, 0.25) is 0 Å². The van der Waals surface area contributed by atoms with Gasteiger partial charge in [-0.3, -0.25) is 14.7 Å². The summed E-state index contributed by atoms with van der Waals surface area (Å²) in [6.45, 7) is 8.10. The van der Waals surface area contributed by atoms with Crippen molar-refractivity contribution in [2.24, 2.45) is 0 Å². The van der Waals surface area contributed by atoms with E-state index in [1.807, 2.05) is 64.1 Å². The number of nitrogen functional groups attached to an aromatic ring is 3. The zero-order valence-electron chi connectivity index (χ0n) is 70.8.